The number of hydrogen-bond donors (Lipinski definition) is 1. The number of sulfonamides is 1. The van der Waals surface area contributed by atoms with Crippen LogP contribution in [-0.2, 0) is 26.0 Å². The molecule has 7 nitrogen and oxygen atoms in total. The number of carbonyl (C=O) groups excluding carboxylic acids is 2. The van der Waals surface area contributed by atoms with Crippen LogP contribution in [-0.4, -0.2) is 44.3 Å². The molecule has 1 saturated heterocycles. The average molecular weight is 473 g/mol. The van der Waals surface area contributed by atoms with Crippen molar-refractivity contribution < 1.29 is 22.7 Å². The first-order valence-corrected chi connectivity index (χ1v) is 12.7. The van der Waals surface area contributed by atoms with E-state index >= 15 is 0 Å². The third-order valence-electron chi connectivity index (χ3n) is 5.90. The van der Waals surface area contributed by atoms with E-state index in [-0.39, 0.29) is 10.5 Å². The zero-order chi connectivity index (χ0) is 24.2. The quantitative estimate of drug-likeness (QED) is 0.615. The number of nitrogens with one attached hydrogen (secondary N) is 1. The van der Waals surface area contributed by atoms with Crippen LogP contribution in [0.1, 0.15) is 48.7 Å². The maximum Gasteiger partial charge on any atom is 0.338 e. The molecule has 178 valence electrons. The number of ether oxygens (including phenoxy) is 1. The van der Waals surface area contributed by atoms with E-state index in [0.29, 0.717) is 24.9 Å². The molecule has 0 bridgehead atoms. The molecule has 1 aliphatic rings. The fraction of sp³-hybridized carbons (Fsp3) is 0.440. The van der Waals surface area contributed by atoms with Crippen molar-refractivity contribution in [2.75, 3.05) is 25.0 Å². The summed E-state index contributed by atoms with van der Waals surface area (Å²) >= 11 is 0. The number of carbonyl (C=O) groups is 2. The summed E-state index contributed by atoms with van der Waals surface area (Å²) in [5.74, 6) is -0.510. The van der Waals surface area contributed by atoms with Crippen LogP contribution in [0.25, 0.3) is 0 Å². The van der Waals surface area contributed by atoms with Gasteiger partial charge in [-0.2, -0.15) is 4.31 Å². The van der Waals surface area contributed by atoms with Crippen molar-refractivity contribution in [1.82, 2.24) is 4.31 Å². The van der Waals surface area contributed by atoms with Crippen molar-refractivity contribution in [1.29, 1.82) is 0 Å². The maximum atomic E-state index is 13.0. The number of esters is 1. The van der Waals surface area contributed by atoms with Crippen molar-refractivity contribution in [3.63, 3.8) is 0 Å². The van der Waals surface area contributed by atoms with Crippen molar-refractivity contribution in [3.05, 3.63) is 59.2 Å². The highest BCUT2D eigenvalue weighted by Gasteiger charge is 2.31. The van der Waals surface area contributed by atoms with Gasteiger partial charge >= 0.3 is 5.97 Å². The second-order valence-corrected chi connectivity index (χ2v) is 10.8. The normalized spacial score (nSPS) is 19.2. The summed E-state index contributed by atoms with van der Waals surface area (Å²) in [4.78, 5) is 24.8. The number of rotatable bonds is 7. The minimum Gasteiger partial charge on any atom is -0.452 e. The molecule has 1 aliphatic heterocycles. The van der Waals surface area contributed by atoms with Crippen molar-refractivity contribution >= 4 is 27.6 Å². The van der Waals surface area contributed by atoms with Crippen LogP contribution in [0, 0.1) is 18.8 Å². The standard InChI is InChI=1S/C25H32N2O5S/c1-5-20-8-6-7-19(4)24(20)26-23(28)16-32-25(29)21-9-11-22(12-10-21)33(30,31)27-14-17(2)13-18(3)15-27/h6-12,17-18H,5,13-16H2,1-4H3,(H,26,28)/t17-,18-/m0/s1. The summed E-state index contributed by atoms with van der Waals surface area (Å²) in [6.45, 7) is 8.56. The summed E-state index contributed by atoms with van der Waals surface area (Å²) in [7, 11) is -3.62. The largest absolute Gasteiger partial charge is 0.452 e. The molecule has 0 unspecified atom stereocenters. The predicted molar refractivity (Wildman–Crippen MR) is 128 cm³/mol. The average Bonchev–Trinajstić information content (AvgIpc) is 2.78. The number of benzene rings is 2. The Morgan fingerprint density at radius 1 is 1.06 bits per heavy atom. The molecule has 2 aromatic carbocycles. The van der Waals surface area contributed by atoms with Crippen molar-refractivity contribution in [2.24, 2.45) is 11.8 Å². The highest BCUT2D eigenvalue weighted by molar-refractivity contribution is 7.89. The first-order chi connectivity index (χ1) is 15.6. The van der Waals surface area contributed by atoms with Gasteiger partial charge in [-0.15, -0.1) is 0 Å². The monoisotopic (exact) mass is 472 g/mol. The Hall–Kier alpha value is -2.71. The highest BCUT2D eigenvalue weighted by Crippen LogP contribution is 2.27. The SMILES string of the molecule is CCc1cccc(C)c1NC(=O)COC(=O)c1ccc(S(=O)(=O)N2C[C@@H](C)C[C@H](C)C2)cc1. The molecule has 1 heterocycles. The van der Waals surface area contributed by atoms with Gasteiger partial charge in [0.2, 0.25) is 10.0 Å². The van der Waals surface area contributed by atoms with Crippen molar-refractivity contribution in [2.45, 2.75) is 45.4 Å². The molecule has 1 N–H and O–H groups in total. The van der Waals surface area contributed by atoms with Crippen LogP contribution < -0.4 is 5.32 Å². The Kier molecular flexibility index (Phi) is 7.92. The Balaban J connectivity index is 1.61. The minimum absolute atomic E-state index is 0.143. The first-order valence-electron chi connectivity index (χ1n) is 11.3. The van der Waals surface area contributed by atoms with E-state index in [9.17, 15) is 18.0 Å². The number of aryl methyl sites for hydroxylation is 2. The smallest absolute Gasteiger partial charge is 0.338 e. The zero-order valence-corrected chi connectivity index (χ0v) is 20.4. The van der Waals surface area contributed by atoms with Crippen LogP contribution in [0.15, 0.2) is 47.4 Å². The van der Waals surface area contributed by atoms with Crippen molar-refractivity contribution in [3.8, 4) is 0 Å². The van der Waals surface area contributed by atoms with Gasteiger partial charge in [-0.3, -0.25) is 4.79 Å². The molecule has 0 aliphatic carbocycles. The molecule has 2 aromatic rings. The molecule has 0 aromatic heterocycles. The fourth-order valence-electron chi connectivity index (χ4n) is 4.31. The van der Waals surface area contributed by atoms with Gasteiger partial charge < -0.3 is 10.1 Å². The Bertz CT molecular complexity index is 1100. The number of amides is 1. The number of hydrogen-bond acceptors (Lipinski definition) is 5. The first kappa shape index (κ1) is 24.9. The van der Waals surface area contributed by atoms with E-state index in [1.807, 2.05) is 32.0 Å². The van der Waals surface area contributed by atoms with E-state index in [1.165, 1.54) is 28.6 Å². The summed E-state index contributed by atoms with van der Waals surface area (Å²) in [5.41, 5.74) is 2.86. The minimum atomic E-state index is -3.62. The lowest BCUT2D eigenvalue weighted by molar-refractivity contribution is -0.119. The lowest BCUT2D eigenvalue weighted by atomic mass is 9.94. The van der Waals surface area contributed by atoms with Gasteiger partial charge in [-0.1, -0.05) is 39.0 Å². The van der Waals surface area contributed by atoms with Gasteiger partial charge in [-0.05, 0) is 67.0 Å². The third kappa shape index (κ3) is 6.00. The van der Waals surface area contributed by atoms with E-state index < -0.39 is 28.5 Å². The number of para-hydroxylation sites is 1. The topological polar surface area (TPSA) is 92.8 Å². The van der Waals surface area contributed by atoms with Gasteiger partial charge in [0.25, 0.3) is 5.91 Å². The molecule has 1 amide bonds. The van der Waals surface area contributed by atoms with E-state index in [4.69, 9.17) is 4.74 Å². The molecule has 8 heteroatoms. The van der Waals surface area contributed by atoms with Gasteiger partial charge in [0.05, 0.1) is 10.5 Å². The number of nitrogens with zero attached hydrogens (tertiary/aromatic N) is 1. The second kappa shape index (κ2) is 10.5. The lowest BCUT2D eigenvalue weighted by Crippen LogP contribution is -2.42. The lowest BCUT2D eigenvalue weighted by Gasteiger charge is -2.34. The molecule has 33 heavy (non-hydrogen) atoms. The molecular formula is C25H32N2O5S. The number of anilines is 1. The number of piperidine rings is 1. The third-order valence-corrected chi connectivity index (χ3v) is 7.75. The maximum absolute atomic E-state index is 13.0. The van der Waals surface area contributed by atoms with Crippen LogP contribution in [0.2, 0.25) is 0 Å². The molecular weight excluding hydrogens is 440 g/mol. The Morgan fingerprint density at radius 3 is 2.30 bits per heavy atom. The van der Waals surface area contributed by atoms with Crippen LogP contribution in [0.3, 0.4) is 0 Å². The van der Waals surface area contributed by atoms with Gasteiger partial charge in [0.1, 0.15) is 0 Å². The van der Waals surface area contributed by atoms with Gasteiger partial charge in [0.15, 0.2) is 6.61 Å². The zero-order valence-electron chi connectivity index (χ0n) is 19.6. The molecule has 0 radical (unpaired) electrons. The molecule has 3 rings (SSSR count). The molecule has 0 spiro atoms. The van der Waals surface area contributed by atoms with Crippen LogP contribution >= 0.6 is 0 Å². The molecule has 1 fully saturated rings. The van der Waals surface area contributed by atoms with E-state index in [1.54, 1.807) is 0 Å². The van der Waals surface area contributed by atoms with Gasteiger partial charge in [0, 0.05) is 18.8 Å². The highest BCUT2D eigenvalue weighted by atomic mass is 32.2. The summed E-state index contributed by atoms with van der Waals surface area (Å²) in [5, 5.41) is 2.81. The predicted octanol–water partition coefficient (Wildman–Crippen LogP) is 4.02. The Labute approximate surface area is 196 Å². The fourth-order valence-corrected chi connectivity index (χ4v) is 5.99. The second-order valence-electron chi connectivity index (χ2n) is 8.88. The van der Waals surface area contributed by atoms with E-state index in [0.717, 1.165) is 29.7 Å². The summed E-state index contributed by atoms with van der Waals surface area (Å²) < 4.78 is 32.6. The van der Waals surface area contributed by atoms with Gasteiger partial charge in [-0.25, -0.2) is 13.2 Å². The summed E-state index contributed by atoms with van der Waals surface area (Å²) in [6, 6.07) is 11.4. The van der Waals surface area contributed by atoms with E-state index in [2.05, 4.69) is 19.2 Å². The summed E-state index contributed by atoms with van der Waals surface area (Å²) in [6.07, 6.45) is 1.77. The van der Waals surface area contributed by atoms with Crippen LogP contribution in [0.5, 0.6) is 0 Å². The van der Waals surface area contributed by atoms with Crippen LogP contribution in [0.4, 0.5) is 5.69 Å². The molecule has 2 atom stereocenters. The Morgan fingerprint density at radius 2 is 1.70 bits per heavy atom. The molecule has 0 saturated carbocycles.